The number of amides is 3. The molecule has 1 N–H and O–H groups in total. The van der Waals surface area contributed by atoms with Crippen LogP contribution in [0.1, 0.15) is 35.3 Å². The second-order valence-electron chi connectivity index (χ2n) is 9.66. The van der Waals surface area contributed by atoms with Crippen molar-refractivity contribution in [2.75, 3.05) is 36.0 Å². The molecule has 0 aromatic heterocycles. The van der Waals surface area contributed by atoms with Crippen LogP contribution in [0.5, 0.6) is 5.75 Å². The molecule has 0 aliphatic carbocycles. The van der Waals surface area contributed by atoms with Crippen molar-refractivity contribution < 1.29 is 18.7 Å². The van der Waals surface area contributed by atoms with Gasteiger partial charge in [-0.1, -0.05) is 24.3 Å². The topological polar surface area (TPSA) is 65.1 Å². The van der Waals surface area contributed by atoms with E-state index in [1.807, 2.05) is 42.2 Å². The second-order valence-corrected chi connectivity index (χ2v) is 9.66. The van der Waals surface area contributed by atoms with Gasteiger partial charge in [-0.2, -0.15) is 0 Å². The van der Waals surface area contributed by atoms with E-state index in [1.54, 1.807) is 35.2 Å². The van der Waals surface area contributed by atoms with Gasteiger partial charge in [0.1, 0.15) is 11.6 Å². The zero-order chi connectivity index (χ0) is 24.9. The number of carbonyl (C=O) groups excluding carboxylic acids is 2. The molecule has 0 spiro atoms. The van der Waals surface area contributed by atoms with Gasteiger partial charge in [0.2, 0.25) is 0 Å². The maximum absolute atomic E-state index is 13.4. The Bertz CT molecular complexity index is 1320. The smallest absolute Gasteiger partial charge is 0.325 e. The van der Waals surface area contributed by atoms with E-state index in [4.69, 9.17) is 4.74 Å². The lowest BCUT2D eigenvalue weighted by molar-refractivity contribution is 0.0378. The Morgan fingerprint density at radius 1 is 0.972 bits per heavy atom. The highest BCUT2D eigenvalue weighted by molar-refractivity contribution is 5.99. The van der Waals surface area contributed by atoms with Gasteiger partial charge in [-0.25, -0.2) is 9.18 Å². The Labute approximate surface area is 209 Å². The fourth-order valence-electron chi connectivity index (χ4n) is 5.49. The van der Waals surface area contributed by atoms with Crippen LogP contribution < -0.4 is 19.9 Å². The summed E-state index contributed by atoms with van der Waals surface area (Å²) in [7, 11) is 0. The molecule has 0 saturated carbocycles. The summed E-state index contributed by atoms with van der Waals surface area (Å²) in [6, 6.07) is 21.0. The maximum Gasteiger partial charge on any atom is 0.325 e. The molecular formula is C28H27FN4O3. The van der Waals surface area contributed by atoms with Gasteiger partial charge in [0, 0.05) is 49.4 Å². The van der Waals surface area contributed by atoms with Crippen LogP contribution in [0.3, 0.4) is 0 Å². The van der Waals surface area contributed by atoms with Crippen LogP contribution in [-0.4, -0.2) is 48.7 Å². The number of para-hydroxylation sites is 1. The number of anilines is 2. The molecule has 8 heteroatoms. The van der Waals surface area contributed by atoms with Crippen molar-refractivity contribution in [2.24, 2.45) is 0 Å². The normalized spacial score (nSPS) is 23.0. The average molecular weight is 487 g/mol. The van der Waals surface area contributed by atoms with Crippen LogP contribution in [0.25, 0.3) is 0 Å². The summed E-state index contributed by atoms with van der Waals surface area (Å²) >= 11 is 0. The first-order valence-electron chi connectivity index (χ1n) is 12.2. The lowest BCUT2D eigenvalue weighted by atomic mass is 9.90. The molecule has 3 aromatic rings. The molecule has 3 aliphatic heterocycles. The van der Waals surface area contributed by atoms with E-state index in [-0.39, 0.29) is 23.8 Å². The van der Waals surface area contributed by atoms with Crippen molar-refractivity contribution in [3.63, 3.8) is 0 Å². The highest BCUT2D eigenvalue weighted by atomic mass is 19.1. The van der Waals surface area contributed by atoms with Gasteiger partial charge in [0.05, 0.1) is 11.7 Å². The van der Waals surface area contributed by atoms with Crippen molar-refractivity contribution in [1.29, 1.82) is 0 Å². The molecule has 3 aliphatic rings. The predicted molar refractivity (Wildman–Crippen MR) is 135 cm³/mol. The summed E-state index contributed by atoms with van der Waals surface area (Å²) in [5, 5.41) is 3.10. The molecule has 2 fully saturated rings. The van der Waals surface area contributed by atoms with Gasteiger partial charge in [0.25, 0.3) is 5.91 Å². The number of nitrogens with one attached hydrogen (secondary N) is 1. The number of rotatable bonds is 3. The van der Waals surface area contributed by atoms with Crippen molar-refractivity contribution in [2.45, 2.75) is 25.1 Å². The summed E-state index contributed by atoms with van der Waals surface area (Å²) in [6.07, 6.45) is 0.597. The van der Waals surface area contributed by atoms with Crippen molar-refractivity contribution >= 4 is 23.3 Å². The van der Waals surface area contributed by atoms with E-state index in [1.165, 1.54) is 12.1 Å². The Morgan fingerprint density at radius 2 is 1.72 bits per heavy atom. The van der Waals surface area contributed by atoms with Gasteiger partial charge in [-0.15, -0.1) is 0 Å². The summed E-state index contributed by atoms with van der Waals surface area (Å²) in [6.45, 7) is 4.36. The van der Waals surface area contributed by atoms with E-state index >= 15 is 0 Å². The maximum atomic E-state index is 13.4. The Morgan fingerprint density at radius 3 is 2.50 bits per heavy atom. The number of benzene rings is 3. The summed E-state index contributed by atoms with van der Waals surface area (Å²) in [5.74, 6) is 0.417. The lowest BCUT2D eigenvalue weighted by Gasteiger charge is -2.50. The Balaban J connectivity index is 1.20. The predicted octanol–water partition coefficient (Wildman–Crippen LogP) is 4.56. The number of hydrogen-bond donors (Lipinski definition) is 1. The molecular weight excluding hydrogens is 459 g/mol. The van der Waals surface area contributed by atoms with Crippen molar-refractivity contribution in [3.8, 4) is 5.75 Å². The highest BCUT2D eigenvalue weighted by Crippen LogP contribution is 2.45. The van der Waals surface area contributed by atoms with Crippen LogP contribution in [0.2, 0.25) is 0 Å². The molecule has 2 saturated heterocycles. The number of fused-ring (bicyclic) bond motifs is 4. The molecule has 184 valence electrons. The third kappa shape index (κ3) is 3.82. The lowest BCUT2D eigenvalue weighted by Crippen LogP contribution is -2.65. The number of hydrogen-bond acceptors (Lipinski definition) is 4. The van der Waals surface area contributed by atoms with Crippen LogP contribution >= 0.6 is 0 Å². The number of carbonyl (C=O) groups is 2. The van der Waals surface area contributed by atoms with Gasteiger partial charge in [-0.3, -0.25) is 9.69 Å². The number of piperazine rings is 1. The van der Waals surface area contributed by atoms with Crippen LogP contribution in [0, 0.1) is 5.82 Å². The van der Waals surface area contributed by atoms with Crippen molar-refractivity contribution in [1.82, 2.24) is 10.2 Å². The van der Waals surface area contributed by atoms with E-state index < -0.39 is 5.72 Å². The monoisotopic (exact) mass is 486 g/mol. The van der Waals surface area contributed by atoms with Gasteiger partial charge in [-0.05, 0) is 55.5 Å². The first kappa shape index (κ1) is 22.4. The molecule has 2 atom stereocenters. The minimum Gasteiger partial charge on any atom is -0.467 e. The Hall–Kier alpha value is -4.07. The summed E-state index contributed by atoms with van der Waals surface area (Å²) in [5.41, 5.74) is 2.19. The van der Waals surface area contributed by atoms with Crippen molar-refractivity contribution in [3.05, 3.63) is 89.7 Å². The SMILES string of the molecule is C[C@@]12C[C@@H](NC(=O)N1c1cccc(C(=O)N3CCN(c4ccc(F)cc4)CC3)c1)c1ccccc1O2. The third-order valence-electron chi connectivity index (χ3n) is 7.29. The molecule has 3 amide bonds. The number of urea groups is 1. The molecule has 36 heavy (non-hydrogen) atoms. The van der Waals surface area contributed by atoms with E-state index in [0.717, 1.165) is 17.0 Å². The first-order valence-corrected chi connectivity index (χ1v) is 12.2. The fraction of sp³-hybridized carbons (Fsp3) is 0.286. The zero-order valence-electron chi connectivity index (χ0n) is 20.0. The second kappa shape index (κ2) is 8.55. The quantitative estimate of drug-likeness (QED) is 0.590. The minimum atomic E-state index is -0.871. The molecule has 0 radical (unpaired) electrons. The Kier molecular flexibility index (Phi) is 5.32. The minimum absolute atomic E-state index is 0.0778. The number of nitrogens with zero attached hydrogens (tertiary/aromatic N) is 3. The van der Waals surface area contributed by atoms with Gasteiger partial charge < -0.3 is 19.9 Å². The average Bonchev–Trinajstić information content (AvgIpc) is 2.88. The molecule has 7 nitrogen and oxygen atoms in total. The molecule has 2 bridgehead atoms. The van der Waals surface area contributed by atoms with Crippen LogP contribution in [0.4, 0.5) is 20.6 Å². The molecule has 3 aromatic carbocycles. The molecule has 6 rings (SSSR count). The van der Waals surface area contributed by atoms with Crippen LogP contribution in [0.15, 0.2) is 72.8 Å². The zero-order valence-corrected chi connectivity index (χ0v) is 20.0. The van der Waals surface area contributed by atoms with E-state index in [9.17, 15) is 14.0 Å². The van der Waals surface area contributed by atoms with Gasteiger partial charge >= 0.3 is 6.03 Å². The van der Waals surface area contributed by atoms with E-state index in [0.29, 0.717) is 43.9 Å². The summed E-state index contributed by atoms with van der Waals surface area (Å²) < 4.78 is 19.6. The fourth-order valence-corrected chi connectivity index (χ4v) is 5.49. The van der Waals surface area contributed by atoms with Gasteiger partial charge in [0.15, 0.2) is 5.72 Å². The summed E-state index contributed by atoms with van der Waals surface area (Å²) in [4.78, 5) is 32.2. The van der Waals surface area contributed by atoms with Crippen LogP contribution in [-0.2, 0) is 0 Å². The standard InChI is InChI=1S/C28H27FN4O3/c1-28-18-24(23-7-2-3-8-25(23)36-28)30-27(35)33(28)22-6-4-5-19(17-22)26(34)32-15-13-31(14-16-32)21-11-9-20(29)10-12-21/h2-12,17,24H,13-16,18H2,1H3,(H,30,35)/t24-,28-/m1/s1. The number of ether oxygens (including phenoxy) is 1. The largest absolute Gasteiger partial charge is 0.467 e. The van der Waals surface area contributed by atoms with E-state index in [2.05, 4.69) is 10.2 Å². The third-order valence-corrected chi connectivity index (χ3v) is 7.29. The molecule has 0 unspecified atom stereocenters. The highest BCUT2D eigenvalue weighted by Gasteiger charge is 2.49. The number of halogens is 1. The first-order chi connectivity index (χ1) is 17.4. The molecule has 3 heterocycles.